The molecule has 1 amide bonds. The highest BCUT2D eigenvalue weighted by Gasteiger charge is 2.25. The first-order valence-electron chi connectivity index (χ1n) is 11.9. The number of hydrogen-bond donors (Lipinski definition) is 3. The maximum Gasteiger partial charge on any atom is 0.276 e. The normalized spacial score (nSPS) is 20.5. The van der Waals surface area contributed by atoms with Crippen molar-refractivity contribution in [3.8, 4) is 0 Å². The standard InChI is InChI=1S/C24H30FN7O/c1-2-3-15-4-6-17(7-5-15)29-22-13-19(28-16-8-9-16)23-27-14-20(32(23)31-22)24(33)30-18-10-11-26-21(25)12-18/h10-17,28H,2-9H2,1H3,(H,29,31)(H,26,30,33). The summed E-state index contributed by atoms with van der Waals surface area (Å²) in [5, 5.41) is 14.5. The Morgan fingerprint density at radius 3 is 2.58 bits per heavy atom. The topological polar surface area (TPSA) is 96.2 Å². The van der Waals surface area contributed by atoms with Crippen molar-refractivity contribution in [3.05, 3.63) is 42.2 Å². The molecule has 0 unspecified atom stereocenters. The molecule has 2 aliphatic carbocycles. The molecular weight excluding hydrogens is 421 g/mol. The molecule has 3 heterocycles. The number of aromatic nitrogens is 4. The Bertz CT molecular complexity index is 1140. The van der Waals surface area contributed by atoms with Crippen molar-refractivity contribution in [1.82, 2.24) is 19.6 Å². The van der Waals surface area contributed by atoms with Gasteiger partial charge in [0, 0.05) is 36.1 Å². The highest BCUT2D eigenvalue weighted by atomic mass is 19.1. The first-order chi connectivity index (χ1) is 16.1. The SMILES string of the molecule is CCCC1CCC(Nc2cc(NC3CC3)c3ncc(C(=O)Nc4ccnc(F)c4)n3n2)CC1. The second-order valence-electron chi connectivity index (χ2n) is 9.21. The summed E-state index contributed by atoms with van der Waals surface area (Å²) in [4.78, 5) is 20.9. The van der Waals surface area contributed by atoms with Crippen LogP contribution in [0.1, 0.15) is 68.8 Å². The fourth-order valence-corrected chi connectivity index (χ4v) is 4.64. The van der Waals surface area contributed by atoms with Crippen LogP contribution in [0.2, 0.25) is 0 Å². The van der Waals surface area contributed by atoms with E-state index in [2.05, 4.69) is 32.8 Å². The highest BCUT2D eigenvalue weighted by Crippen LogP contribution is 2.32. The van der Waals surface area contributed by atoms with E-state index in [1.54, 1.807) is 10.6 Å². The number of imidazole rings is 1. The van der Waals surface area contributed by atoms with E-state index in [4.69, 9.17) is 5.10 Å². The van der Waals surface area contributed by atoms with Gasteiger partial charge in [-0.05, 0) is 50.5 Å². The number of carbonyl (C=O) groups excluding carboxylic acids is 1. The maximum absolute atomic E-state index is 13.4. The van der Waals surface area contributed by atoms with Gasteiger partial charge in [0.15, 0.2) is 11.3 Å². The minimum absolute atomic E-state index is 0.288. The fraction of sp³-hybridized carbons (Fsp3) is 0.500. The summed E-state index contributed by atoms with van der Waals surface area (Å²) in [5.41, 5.74) is 2.09. The molecule has 3 aromatic heterocycles. The first kappa shape index (κ1) is 21.6. The molecule has 0 aromatic carbocycles. The van der Waals surface area contributed by atoms with Gasteiger partial charge in [-0.25, -0.2) is 14.5 Å². The Morgan fingerprint density at radius 1 is 1.09 bits per heavy atom. The Labute approximate surface area is 192 Å². The van der Waals surface area contributed by atoms with Gasteiger partial charge in [0.05, 0.1) is 11.9 Å². The van der Waals surface area contributed by atoms with Crippen LogP contribution in [0.5, 0.6) is 0 Å². The Balaban J connectivity index is 1.39. The van der Waals surface area contributed by atoms with Gasteiger partial charge in [0.2, 0.25) is 5.95 Å². The third-order valence-electron chi connectivity index (χ3n) is 6.52. The van der Waals surface area contributed by atoms with Crippen molar-refractivity contribution in [3.63, 3.8) is 0 Å². The summed E-state index contributed by atoms with van der Waals surface area (Å²) < 4.78 is 15.0. The van der Waals surface area contributed by atoms with E-state index in [1.165, 1.54) is 44.1 Å². The molecule has 2 saturated carbocycles. The van der Waals surface area contributed by atoms with Crippen LogP contribution in [0.3, 0.4) is 0 Å². The van der Waals surface area contributed by atoms with Crippen LogP contribution in [0.25, 0.3) is 5.65 Å². The van der Waals surface area contributed by atoms with Gasteiger partial charge in [0.1, 0.15) is 5.82 Å². The van der Waals surface area contributed by atoms with Gasteiger partial charge in [0.25, 0.3) is 5.91 Å². The summed E-state index contributed by atoms with van der Waals surface area (Å²) >= 11 is 0. The lowest BCUT2D eigenvalue weighted by Gasteiger charge is -2.29. The molecule has 0 bridgehead atoms. The first-order valence-corrected chi connectivity index (χ1v) is 11.9. The summed E-state index contributed by atoms with van der Waals surface area (Å²) in [6, 6.07) is 5.52. The molecule has 0 atom stereocenters. The fourth-order valence-electron chi connectivity index (χ4n) is 4.64. The van der Waals surface area contributed by atoms with Crippen molar-refractivity contribution in [1.29, 1.82) is 0 Å². The molecule has 0 saturated heterocycles. The molecule has 9 heteroatoms. The second kappa shape index (κ2) is 9.33. The van der Waals surface area contributed by atoms with E-state index in [1.807, 2.05) is 6.07 Å². The largest absolute Gasteiger partial charge is 0.379 e. The van der Waals surface area contributed by atoms with E-state index in [-0.39, 0.29) is 5.69 Å². The molecule has 5 rings (SSSR count). The molecule has 174 valence electrons. The van der Waals surface area contributed by atoms with Crippen molar-refractivity contribution in [2.75, 3.05) is 16.0 Å². The number of halogens is 1. The molecule has 3 N–H and O–H groups in total. The molecule has 8 nitrogen and oxygen atoms in total. The molecule has 33 heavy (non-hydrogen) atoms. The summed E-state index contributed by atoms with van der Waals surface area (Å²) in [6.07, 6.45) is 12.3. The zero-order valence-corrected chi connectivity index (χ0v) is 18.9. The molecule has 3 aromatic rings. The average Bonchev–Trinajstić information content (AvgIpc) is 3.50. The van der Waals surface area contributed by atoms with Crippen molar-refractivity contribution in [2.45, 2.75) is 70.4 Å². The van der Waals surface area contributed by atoms with Gasteiger partial charge in [-0.3, -0.25) is 4.79 Å². The quantitative estimate of drug-likeness (QED) is 0.423. The van der Waals surface area contributed by atoms with E-state index in [0.29, 0.717) is 23.4 Å². The maximum atomic E-state index is 13.4. The monoisotopic (exact) mass is 451 g/mol. The zero-order valence-electron chi connectivity index (χ0n) is 18.9. The molecule has 2 aliphatic rings. The smallest absolute Gasteiger partial charge is 0.276 e. The van der Waals surface area contributed by atoms with Gasteiger partial charge in [-0.1, -0.05) is 19.8 Å². The van der Waals surface area contributed by atoms with Crippen LogP contribution >= 0.6 is 0 Å². The zero-order chi connectivity index (χ0) is 22.8. The summed E-state index contributed by atoms with van der Waals surface area (Å²) in [5.74, 6) is 0.500. The van der Waals surface area contributed by atoms with Crippen LogP contribution in [-0.4, -0.2) is 37.6 Å². The lowest BCUT2D eigenvalue weighted by Crippen LogP contribution is -2.27. The van der Waals surface area contributed by atoms with E-state index < -0.39 is 11.9 Å². The van der Waals surface area contributed by atoms with E-state index in [0.717, 1.165) is 43.1 Å². The van der Waals surface area contributed by atoms with Gasteiger partial charge < -0.3 is 16.0 Å². The predicted octanol–water partition coefficient (Wildman–Crippen LogP) is 4.86. The average molecular weight is 452 g/mol. The third kappa shape index (κ3) is 5.07. The number of carbonyl (C=O) groups is 1. The van der Waals surface area contributed by atoms with Crippen LogP contribution in [0.15, 0.2) is 30.6 Å². The van der Waals surface area contributed by atoms with Gasteiger partial charge in [-0.2, -0.15) is 4.39 Å². The minimum Gasteiger partial charge on any atom is -0.379 e. The van der Waals surface area contributed by atoms with Crippen molar-refractivity contribution in [2.24, 2.45) is 5.92 Å². The highest BCUT2D eigenvalue weighted by molar-refractivity contribution is 6.03. The lowest BCUT2D eigenvalue weighted by atomic mass is 9.83. The minimum atomic E-state index is -0.653. The Morgan fingerprint density at radius 2 is 1.85 bits per heavy atom. The van der Waals surface area contributed by atoms with E-state index >= 15 is 0 Å². The van der Waals surface area contributed by atoms with Gasteiger partial charge >= 0.3 is 0 Å². The Hall–Kier alpha value is -3.23. The number of rotatable bonds is 8. The number of nitrogens with zero attached hydrogens (tertiary/aromatic N) is 4. The number of anilines is 3. The lowest BCUT2D eigenvalue weighted by molar-refractivity contribution is 0.102. The van der Waals surface area contributed by atoms with Crippen LogP contribution in [-0.2, 0) is 0 Å². The third-order valence-corrected chi connectivity index (χ3v) is 6.52. The number of nitrogens with one attached hydrogen (secondary N) is 3. The van der Waals surface area contributed by atoms with Crippen molar-refractivity contribution < 1.29 is 9.18 Å². The van der Waals surface area contributed by atoms with Crippen molar-refractivity contribution >= 4 is 28.7 Å². The van der Waals surface area contributed by atoms with Gasteiger partial charge in [-0.15, -0.1) is 5.10 Å². The van der Waals surface area contributed by atoms with E-state index in [9.17, 15) is 9.18 Å². The number of amides is 1. The van der Waals surface area contributed by atoms with Crippen LogP contribution in [0, 0.1) is 11.9 Å². The molecule has 2 fully saturated rings. The second-order valence-corrected chi connectivity index (χ2v) is 9.21. The Kier molecular flexibility index (Phi) is 6.11. The molecule has 0 radical (unpaired) electrons. The number of fused-ring (bicyclic) bond motifs is 1. The van der Waals surface area contributed by atoms with Crippen LogP contribution in [0.4, 0.5) is 21.6 Å². The molecule has 0 aliphatic heterocycles. The van der Waals surface area contributed by atoms with Crippen LogP contribution < -0.4 is 16.0 Å². The number of hydrogen-bond acceptors (Lipinski definition) is 6. The summed E-state index contributed by atoms with van der Waals surface area (Å²) in [6.45, 7) is 2.25. The molecular formula is C24H30FN7O. The predicted molar refractivity (Wildman–Crippen MR) is 126 cm³/mol. The molecule has 0 spiro atoms. The number of pyridine rings is 1. The summed E-state index contributed by atoms with van der Waals surface area (Å²) in [7, 11) is 0.